The predicted molar refractivity (Wildman–Crippen MR) is 175 cm³/mol. The highest BCUT2D eigenvalue weighted by atomic mass is 79.9. The van der Waals surface area contributed by atoms with Crippen LogP contribution in [0.3, 0.4) is 0 Å². The molecule has 4 spiro atoms. The lowest BCUT2D eigenvalue weighted by molar-refractivity contribution is -1.03. The number of carbonyl (C=O) groups excluding carboxylic acids is 1. The Morgan fingerprint density at radius 2 is 0.854 bits per heavy atom. The van der Waals surface area contributed by atoms with E-state index in [2.05, 4.69) is 20.4 Å². The standard InChI is InChI=1S/C33H60N10O.4BrH/c44-29-31-32(38-9-3-15-42(19-11-38)25-21-40(22-26-42)13-1-5-34-7-17-40)36-30-37-33(31)39-10-4-16-43(20-12-39)27-23-41(24-28-43)14-2-6-35-8-18-41;;;;/h29-30,34-35H,1-28H2;4*1H/q+4;;;;/p-4. The molecule has 276 valence electrons. The number of carbonyl (C=O) groups is 1. The fourth-order valence-electron chi connectivity index (χ4n) is 9.84. The number of hydrogen-bond donors (Lipinski definition) is 2. The van der Waals surface area contributed by atoms with Crippen molar-refractivity contribution >= 4 is 17.9 Å². The smallest absolute Gasteiger partial charge is 0.157 e. The number of anilines is 2. The van der Waals surface area contributed by atoms with Crippen LogP contribution in [0.2, 0.25) is 0 Å². The van der Waals surface area contributed by atoms with E-state index in [-0.39, 0.29) is 67.9 Å². The van der Waals surface area contributed by atoms with Crippen molar-refractivity contribution in [1.82, 2.24) is 20.6 Å². The Kier molecular flexibility index (Phi) is 16.5. The Morgan fingerprint density at radius 1 is 0.479 bits per heavy atom. The van der Waals surface area contributed by atoms with Gasteiger partial charge in [-0.2, -0.15) is 0 Å². The molecular weight excluding hydrogens is 872 g/mol. The molecule has 11 nitrogen and oxygen atoms in total. The molecular formula is C33H60Br4N10O. The average Bonchev–Trinajstić information content (AvgIpc) is 3.59. The van der Waals surface area contributed by atoms with Crippen molar-refractivity contribution in [1.29, 1.82) is 0 Å². The van der Waals surface area contributed by atoms with Crippen LogP contribution in [0, 0.1) is 0 Å². The monoisotopic (exact) mass is 928 g/mol. The second kappa shape index (κ2) is 18.7. The highest BCUT2D eigenvalue weighted by Crippen LogP contribution is 2.30. The average molecular weight is 933 g/mol. The highest BCUT2D eigenvalue weighted by molar-refractivity contribution is 5.90. The van der Waals surface area contributed by atoms with Crippen molar-refractivity contribution in [3.63, 3.8) is 0 Å². The van der Waals surface area contributed by atoms with E-state index in [0.29, 0.717) is 0 Å². The van der Waals surface area contributed by atoms with Gasteiger partial charge in [0.1, 0.15) is 70.3 Å². The largest absolute Gasteiger partial charge is 1.00 e. The van der Waals surface area contributed by atoms with Gasteiger partial charge in [0.25, 0.3) is 0 Å². The molecule has 0 bridgehead atoms. The molecule has 6 fully saturated rings. The van der Waals surface area contributed by atoms with E-state index in [1.807, 2.05) is 0 Å². The summed E-state index contributed by atoms with van der Waals surface area (Å²) in [6.07, 6.45) is 7.74. The Hall–Kier alpha value is 0.0300. The molecule has 15 heteroatoms. The second-order valence-electron chi connectivity index (χ2n) is 15.4. The van der Waals surface area contributed by atoms with Crippen molar-refractivity contribution in [3.8, 4) is 0 Å². The van der Waals surface area contributed by atoms with Gasteiger partial charge in [0.15, 0.2) is 6.29 Å². The Balaban J connectivity index is 0.00000156. The van der Waals surface area contributed by atoms with Gasteiger partial charge in [0.05, 0.1) is 71.0 Å². The van der Waals surface area contributed by atoms with Crippen LogP contribution in [-0.2, 0) is 0 Å². The third-order valence-electron chi connectivity index (χ3n) is 13.1. The first-order chi connectivity index (χ1) is 21.6. The maximum atomic E-state index is 12.7. The summed E-state index contributed by atoms with van der Waals surface area (Å²) < 4.78 is 5.16. The van der Waals surface area contributed by atoms with Crippen molar-refractivity contribution in [2.45, 2.75) is 25.7 Å². The number of hydrogen-bond acceptors (Lipinski definition) is 7. The van der Waals surface area contributed by atoms with Gasteiger partial charge in [-0.1, -0.05) is 0 Å². The van der Waals surface area contributed by atoms with Gasteiger partial charge in [-0.05, 0) is 0 Å². The van der Waals surface area contributed by atoms with E-state index < -0.39 is 0 Å². The molecule has 7 rings (SSSR count). The minimum absolute atomic E-state index is 0. The topological polar surface area (TPSA) is 73.4 Å². The van der Waals surface area contributed by atoms with Gasteiger partial charge in [-0.3, -0.25) is 4.79 Å². The van der Waals surface area contributed by atoms with Gasteiger partial charge >= 0.3 is 0 Å². The number of aldehydes is 1. The zero-order valence-electron chi connectivity index (χ0n) is 29.0. The highest BCUT2D eigenvalue weighted by Gasteiger charge is 2.45. The molecule has 0 saturated carbocycles. The van der Waals surface area contributed by atoms with Crippen LogP contribution in [0.4, 0.5) is 11.6 Å². The molecule has 6 saturated heterocycles. The Morgan fingerprint density at radius 3 is 1.25 bits per heavy atom. The molecule has 0 amide bonds. The van der Waals surface area contributed by atoms with Gasteiger partial charge in [0.2, 0.25) is 0 Å². The fourth-order valence-corrected chi connectivity index (χ4v) is 9.84. The molecule has 0 radical (unpaired) electrons. The normalized spacial score (nSPS) is 34.3. The van der Waals surface area contributed by atoms with E-state index in [4.69, 9.17) is 9.97 Å². The SMILES string of the molecule is O=Cc1c(N2CCC[N+]3(CC2)CC[N+]2(CCCNCC2)CC3)ncnc1N1CCC[N+]2(CC1)CC[N+]1(CCCNCC1)CC2.[Br-].[Br-].[Br-].[Br-]. The molecule has 6 aliphatic heterocycles. The molecule has 0 unspecified atom stereocenters. The molecule has 1 aromatic rings. The summed E-state index contributed by atoms with van der Waals surface area (Å²) >= 11 is 0. The van der Waals surface area contributed by atoms with Crippen LogP contribution >= 0.6 is 0 Å². The number of nitrogens with zero attached hydrogens (tertiary/aromatic N) is 8. The molecule has 48 heavy (non-hydrogen) atoms. The molecule has 0 aromatic carbocycles. The molecule has 0 atom stereocenters. The van der Waals surface area contributed by atoms with Crippen molar-refractivity contribution in [2.24, 2.45) is 0 Å². The molecule has 2 N–H and O–H groups in total. The van der Waals surface area contributed by atoms with E-state index in [1.165, 1.54) is 161 Å². The maximum absolute atomic E-state index is 12.7. The quantitative estimate of drug-likeness (QED) is 0.231. The molecule has 1 aromatic heterocycles. The zero-order chi connectivity index (χ0) is 29.9. The van der Waals surface area contributed by atoms with Gasteiger partial charge in [0, 0.05) is 65.0 Å². The number of quaternary nitrogens is 4. The minimum Gasteiger partial charge on any atom is -1.00 e. The van der Waals surface area contributed by atoms with Crippen LogP contribution in [-0.4, -0.2) is 191 Å². The third kappa shape index (κ3) is 9.33. The van der Waals surface area contributed by atoms with E-state index in [9.17, 15) is 4.79 Å². The van der Waals surface area contributed by atoms with E-state index in [1.54, 1.807) is 6.33 Å². The van der Waals surface area contributed by atoms with Crippen LogP contribution in [0.25, 0.3) is 0 Å². The van der Waals surface area contributed by atoms with Crippen LogP contribution < -0.4 is 88.4 Å². The van der Waals surface area contributed by atoms with Gasteiger partial charge < -0.3 is 106 Å². The first-order valence-corrected chi connectivity index (χ1v) is 18.2. The summed E-state index contributed by atoms with van der Waals surface area (Å²) in [6.45, 7) is 29.3. The number of halogens is 4. The van der Waals surface area contributed by atoms with Gasteiger partial charge in [-0.15, -0.1) is 0 Å². The minimum atomic E-state index is 0. The number of aromatic nitrogens is 2. The summed E-state index contributed by atoms with van der Waals surface area (Å²) in [4.78, 5) is 27.1. The van der Waals surface area contributed by atoms with E-state index >= 15 is 0 Å². The number of rotatable bonds is 3. The lowest BCUT2D eigenvalue weighted by Gasteiger charge is -2.49. The van der Waals surface area contributed by atoms with Crippen LogP contribution in [0.15, 0.2) is 6.33 Å². The zero-order valence-corrected chi connectivity index (χ0v) is 35.3. The summed E-state index contributed by atoms with van der Waals surface area (Å²) in [5, 5.41) is 7.24. The summed E-state index contributed by atoms with van der Waals surface area (Å²) in [5.41, 5.74) is 0.717. The van der Waals surface area contributed by atoms with E-state index in [0.717, 1.165) is 62.8 Å². The first kappa shape index (κ1) is 42.4. The number of piperazine rings is 2. The lowest BCUT2D eigenvalue weighted by Crippen LogP contribution is -3.00. The third-order valence-corrected chi connectivity index (χ3v) is 13.1. The van der Waals surface area contributed by atoms with Gasteiger partial charge in [-0.25, -0.2) is 9.97 Å². The van der Waals surface area contributed by atoms with Crippen molar-refractivity contribution in [3.05, 3.63) is 11.9 Å². The van der Waals surface area contributed by atoms with Crippen LogP contribution in [0.1, 0.15) is 36.0 Å². The fraction of sp³-hybridized carbons (Fsp3) is 0.848. The molecule has 6 aliphatic rings. The summed E-state index contributed by atoms with van der Waals surface area (Å²) in [5.74, 6) is 1.74. The summed E-state index contributed by atoms with van der Waals surface area (Å²) in [7, 11) is 0. The number of nitrogens with one attached hydrogen (secondary N) is 2. The Bertz CT molecular complexity index is 1050. The predicted octanol–water partition coefficient (Wildman–Crippen LogP) is -12.0. The van der Waals surface area contributed by atoms with Crippen LogP contribution in [0.5, 0.6) is 0 Å². The van der Waals surface area contributed by atoms with Crippen molar-refractivity contribution in [2.75, 3.05) is 167 Å². The maximum Gasteiger partial charge on any atom is 0.157 e. The van der Waals surface area contributed by atoms with Crippen molar-refractivity contribution < 1.29 is 90.7 Å². The molecule has 7 heterocycles. The second-order valence-corrected chi connectivity index (χ2v) is 15.4. The summed E-state index contributed by atoms with van der Waals surface area (Å²) in [6, 6.07) is 0. The molecule has 0 aliphatic carbocycles. The Labute approximate surface area is 331 Å². The lowest BCUT2D eigenvalue weighted by atomic mass is 10.1. The first-order valence-electron chi connectivity index (χ1n) is 18.2.